The Balaban J connectivity index is 2.41. The minimum absolute atomic E-state index is 0.0684. The van der Waals surface area contributed by atoms with Crippen LogP contribution >= 0.6 is 0 Å². The Morgan fingerprint density at radius 3 is 2.47 bits per heavy atom. The first-order valence-corrected chi connectivity index (χ1v) is 5.94. The van der Waals surface area contributed by atoms with Crippen LogP contribution < -0.4 is 5.73 Å². The summed E-state index contributed by atoms with van der Waals surface area (Å²) in [5, 5.41) is 0. The molecule has 0 aromatic heterocycles. The number of benzene rings is 1. The average molecular weight is 225 g/mol. The van der Waals surface area contributed by atoms with Crippen LogP contribution in [0.4, 0.5) is 0 Å². The van der Waals surface area contributed by atoms with E-state index < -0.39 is 10.0 Å². The highest BCUT2D eigenvalue weighted by molar-refractivity contribution is 7.89. The highest BCUT2D eigenvalue weighted by Crippen LogP contribution is 2.16. The van der Waals surface area contributed by atoms with Gasteiger partial charge in [-0.1, -0.05) is 18.2 Å². The van der Waals surface area contributed by atoms with E-state index in [0.29, 0.717) is 13.1 Å². The molecule has 2 N–H and O–H groups in total. The third-order valence-corrected chi connectivity index (χ3v) is 3.98. The quantitative estimate of drug-likeness (QED) is 0.770. The van der Waals surface area contributed by atoms with E-state index in [1.165, 1.54) is 0 Å². The molecule has 5 nitrogen and oxygen atoms in total. The SMILES string of the molecule is NC1=NCCN1S(=O)(=O)c1ccccc1. The number of aliphatic imine (C=N–C) groups is 1. The number of hydrogen-bond acceptors (Lipinski definition) is 4. The monoisotopic (exact) mass is 225 g/mol. The first kappa shape index (κ1) is 9.97. The number of nitrogens with zero attached hydrogens (tertiary/aromatic N) is 2. The third kappa shape index (κ3) is 1.68. The van der Waals surface area contributed by atoms with Crippen LogP contribution in [0.2, 0.25) is 0 Å². The van der Waals surface area contributed by atoms with Gasteiger partial charge in [-0.25, -0.2) is 12.7 Å². The summed E-state index contributed by atoms with van der Waals surface area (Å²) in [6.07, 6.45) is 0. The Labute approximate surface area is 88.3 Å². The van der Waals surface area contributed by atoms with Crippen LogP contribution in [0.25, 0.3) is 0 Å². The van der Waals surface area contributed by atoms with E-state index >= 15 is 0 Å². The molecule has 0 unspecified atom stereocenters. The zero-order valence-electron chi connectivity index (χ0n) is 8.00. The van der Waals surface area contributed by atoms with Crippen LogP contribution in [0.3, 0.4) is 0 Å². The average Bonchev–Trinajstić information content (AvgIpc) is 2.66. The lowest BCUT2D eigenvalue weighted by molar-refractivity contribution is 0.536. The predicted molar refractivity (Wildman–Crippen MR) is 56.8 cm³/mol. The Kier molecular flexibility index (Phi) is 2.36. The molecule has 1 aliphatic rings. The molecule has 80 valence electrons. The van der Waals surface area contributed by atoms with Crippen molar-refractivity contribution < 1.29 is 8.42 Å². The van der Waals surface area contributed by atoms with E-state index in [1.54, 1.807) is 30.3 Å². The summed E-state index contributed by atoms with van der Waals surface area (Å²) in [6.45, 7) is 0.751. The molecule has 1 aliphatic heterocycles. The van der Waals surface area contributed by atoms with E-state index in [-0.39, 0.29) is 10.9 Å². The summed E-state index contributed by atoms with van der Waals surface area (Å²) >= 11 is 0. The molecule has 1 aromatic rings. The lowest BCUT2D eigenvalue weighted by Crippen LogP contribution is -2.38. The highest BCUT2D eigenvalue weighted by atomic mass is 32.2. The van der Waals surface area contributed by atoms with Crippen molar-refractivity contribution >= 4 is 16.0 Å². The third-order valence-electron chi connectivity index (χ3n) is 2.16. The molecule has 2 rings (SSSR count). The van der Waals surface area contributed by atoms with Gasteiger partial charge in [-0.3, -0.25) is 4.99 Å². The van der Waals surface area contributed by atoms with Gasteiger partial charge >= 0.3 is 0 Å². The Morgan fingerprint density at radius 1 is 1.27 bits per heavy atom. The van der Waals surface area contributed by atoms with Crippen LogP contribution in [-0.4, -0.2) is 31.8 Å². The molecule has 15 heavy (non-hydrogen) atoms. The Hall–Kier alpha value is -1.56. The Bertz CT molecular complexity index is 481. The maximum atomic E-state index is 12.0. The second-order valence-electron chi connectivity index (χ2n) is 3.13. The van der Waals surface area contributed by atoms with E-state index in [4.69, 9.17) is 5.73 Å². The van der Waals surface area contributed by atoms with Gasteiger partial charge in [-0.2, -0.15) is 0 Å². The fraction of sp³-hybridized carbons (Fsp3) is 0.222. The summed E-state index contributed by atoms with van der Waals surface area (Å²) in [7, 11) is -3.51. The molecule has 1 aromatic carbocycles. The maximum Gasteiger partial charge on any atom is 0.266 e. The Morgan fingerprint density at radius 2 is 1.93 bits per heavy atom. The van der Waals surface area contributed by atoms with Gasteiger partial charge in [-0.05, 0) is 12.1 Å². The molecule has 1 heterocycles. The van der Waals surface area contributed by atoms with E-state index in [9.17, 15) is 8.42 Å². The molecule has 0 saturated carbocycles. The van der Waals surface area contributed by atoms with Crippen LogP contribution in [-0.2, 0) is 10.0 Å². The molecule has 6 heteroatoms. The molecule has 0 amide bonds. The molecule has 0 fully saturated rings. The van der Waals surface area contributed by atoms with Crippen molar-refractivity contribution in [1.82, 2.24) is 4.31 Å². The number of hydrogen-bond donors (Lipinski definition) is 1. The predicted octanol–water partition coefficient (Wildman–Crippen LogP) is 0.00560. The lowest BCUT2D eigenvalue weighted by atomic mass is 10.4. The van der Waals surface area contributed by atoms with Crippen molar-refractivity contribution in [2.45, 2.75) is 4.90 Å². The van der Waals surface area contributed by atoms with Crippen molar-refractivity contribution in [2.75, 3.05) is 13.1 Å². The summed E-state index contributed by atoms with van der Waals surface area (Å²) in [5.41, 5.74) is 5.50. The lowest BCUT2D eigenvalue weighted by Gasteiger charge is -2.17. The minimum Gasteiger partial charge on any atom is -0.369 e. The van der Waals surface area contributed by atoms with Crippen LogP contribution in [0.5, 0.6) is 0 Å². The van der Waals surface area contributed by atoms with Crippen LogP contribution in [0.1, 0.15) is 0 Å². The summed E-state index contributed by atoms with van der Waals surface area (Å²) in [5.74, 6) is 0.0684. The van der Waals surface area contributed by atoms with Gasteiger partial charge in [0.15, 0.2) is 0 Å². The van der Waals surface area contributed by atoms with Gasteiger partial charge in [0.25, 0.3) is 10.0 Å². The normalized spacial score (nSPS) is 16.5. The van der Waals surface area contributed by atoms with E-state index in [1.807, 2.05) is 0 Å². The molecule has 0 radical (unpaired) electrons. The zero-order chi connectivity index (χ0) is 10.9. The summed E-state index contributed by atoms with van der Waals surface area (Å²) in [6, 6.07) is 8.20. The fourth-order valence-corrected chi connectivity index (χ4v) is 2.79. The molecule has 0 spiro atoms. The number of guanidine groups is 1. The van der Waals surface area contributed by atoms with Gasteiger partial charge in [-0.15, -0.1) is 0 Å². The van der Waals surface area contributed by atoms with Crippen LogP contribution in [0.15, 0.2) is 40.2 Å². The standard InChI is InChI=1S/C9H11N3O2S/c10-9-11-6-7-12(9)15(13,14)8-4-2-1-3-5-8/h1-5H,6-7H2,(H2,10,11). The van der Waals surface area contributed by atoms with Gasteiger partial charge in [0.2, 0.25) is 5.96 Å². The van der Waals surface area contributed by atoms with Crippen molar-refractivity contribution in [3.8, 4) is 0 Å². The first-order valence-electron chi connectivity index (χ1n) is 4.50. The van der Waals surface area contributed by atoms with Crippen molar-refractivity contribution in [2.24, 2.45) is 10.7 Å². The molecule has 0 aliphatic carbocycles. The molecular formula is C9H11N3O2S. The summed E-state index contributed by atoms with van der Waals surface area (Å²) < 4.78 is 25.1. The second-order valence-corrected chi connectivity index (χ2v) is 4.99. The number of nitrogens with two attached hydrogens (primary N) is 1. The summed E-state index contributed by atoms with van der Waals surface area (Å²) in [4.78, 5) is 4.09. The number of sulfonamides is 1. The molecular weight excluding hydrogens is 214 g/mol. The van der Waals surface area contributed by atoms with Gasteiger partial charge in [0.05, 0.1) is 18.0 Å². The topological polar surface area (TPSA) is 75.8 Å². The van der Waals surface area contributed by atoms with Crippen molar-refractivity contribution in [3.05, 3.63) is 30.3 Å². The van der Waals surface area contributed by atoms with Crippen molar-refractivity contribution in [3.63, 3.8) is 0 Å². The molecule has 0 bridgehead atoms. The number of rotatable bonds is 2. The highest BCUT2D eigenvalue weighted by Gasteiger charge is 2.28. The maximum absolute atomic E-state index is 12.0. The smallest absolute Gasteiger partial charge is 0.266 e. The second kappa shape index (κ2) is 3.54. The minimum atomic E-state index is -3.51. The van der Waals surface area contributed by atoms with Crippen LogP contribution in [0, 0.1) is 0 Å². The van der Waals surface area contributed by atoms with Gasteiger partial charge < -0.3 is 5.73 Å². The van der Waals surface area contributed by atoms with E-state index in [0.717, 1.165) is 4.31 Å². The first-order chi connectivity index (χ1) is 7.12. The fourth-order valence-electron chi connectivity index (χ4n) is 1.41. The molecule has 0 atom stereocenters. The zero-order valence-corrected chi connectivity index (χ0v) is 8.81. The van der Waals surface area contributed by atoms with Gasteiger partial charge in [0, 0.05) is 0 Å². The molecule has 0 saturated heterocycles. The largest absolute Gasteiger partial charge is 0.369 e. The van der Waals surface area contributed by atoms with Crippen molar-refractivity contribution in [1.29, 1.82) is 0 Å². The van der Waals surface area contributed by atoms with Gasteiger partial charge in [0.1, 0.15) is 0 Å². The van der Waals surface area contributed by atoms with E-state index in [2.05, 4.69) is 4.99 Å².